The molecule has 0 radical (unpaired) electrons. The normalized spacial score (nSPS) is 15.8. The number of piperidine rings is 1. The molecule has 1 saturated heterocycles. The van der Waals surface area contributed by atoms with Crippen molar-refractivity contribution in [3.8, 4) is 22.4 Å². The minimum Gasteiger partial charge on any atom is -0.346 e. The molecule has 29 heavy (non-hydrogen) atoms. The Labute approximate surface area is 169 Å². The number of anilines is 1. The van der Waals surface area contributed by atoms with Crippen LogP contribution in [-0.2, 0) is 0 Å². The number of rotatable bonds is 4. The van der Waals surface area contributed by atoms with Crippen LogP contribution in [-0.4, -0.2) is 50.0 Å². The molecule has 4 heterocycles. The number of benzene rings is 1. The Balaban J connectivity index is 1.61. The van der Waals surface area contributed by atoms with Crippen molar-refractivity contribution in [3.05, 3.63) is 55.1 Å². The summed E-state index contributed by atoms with van der Waals surface area (Å²) >= 11 is 0. The molecule has 0 aliphatic carbocycles. The van der Waals surface area contributed by atoms with Crippen LogP contribution in [0.15, 0.2) is 55.1 Å². The molecule has 0 saturated carbocycles. The number of aromatic nitrogens is 4. The maximum absolute atomic E-state index is 9.27. The molecule has 1 fully saturated rings. The van der Waals surface area contributed by atoms with E-state index < -0.39 is 0 Å². The lowest BCUT2D eigenvalue weighted by molar-refractivity contribution is 0.212. The van der Waals surface area contributed by atoms with Crippen LogP contribution in [0.25, 0.3) is 33.2 Å². The molecule has 0 unspecified atom stereocenters. The number of nitrogens with zero attached hydrogens (tertiary/aromatic N) is 4. The summed E-state index contributed by atoms with van der Waals surface area (Å²) in [6.07, 6.45) is 9.91. The number of likely N-dealkylation sites (tertiary alicyclic amines) is 1. The van der Waals surface area contributed by atoms with E-state index in [4.69, 9.17) is 5.10 Å². The third-order valence-electron chi connectivity index (χ3n) is 5.86. The van der Waals surface area contributed by atoms with Crippen molar-refractivity contribution in [2.45, 2.75) is 18.9 Å². The molecule has 3 aromatic heterocycles. The summed E-state index contributed by atoms with van der Waals surface area (Å²) in [6.45, 7) is 2.19. The molecule has 4 aromatic rings. The molecular weight excluding hydrogens is 364 g/mol. The lowest BCUT2D eigenvalue weighted by Crippen LogP contribution is -2.31. The lowest BCUT2D eigenvalue weighted by atomic mass is 10.0. The van der Waals surface area contributed by atoms with Crippen molar-refractivity contribution in [1.82, 2.24) is 24.6 Å². The number of hydrogen-bond donors (Lipinski definition) is 3. The highest BCUT2D eigenvalue weighted by Crippen LogP contribution is 2.35. The van der Waals surface area contributed by atoms with Gasteiger partial charge in [0.05, 0.1) is 6.04 Å². The molecule has 1 aliphatic rings. The first kappa shape index (κ1) is 17.9. The second-order valence-corrected chi connectivity index (χ2v) is 7.72. The number of aromatic amines is 1. The Morgan fingerprint density at radius 1 is 1.10 bits per heavy atom. The monoisotopic (exact) mass is 388 g/mol. The highest BCUT2D eigenvalue weighted by atomic mass is 16.5. The maximum atomic E-state index is 9.27. The molecule has 7 heteroatoms. The Morgan fingerprint density at radius 2 is 1.90 bits per heavy atom. The van der Waals surface area contributed by atoms with E-state index in [1.165, 1.54) is 0 Å². The van der Waals surface area contributed by atoms with E-state index in [0.717, 1.165) is 59.1 Å². The summed E-state index contributed by atoms with van der Waals surface area (Å²) in [7, 11) is 2.18. The first-order chi connectivity index (χ1) is 14.2. The zero-order chi connectivity index (χ0) is 19.8. The minimum absolute atomic E-state index is 0.418. The summed E-state index contributed by atoms with van der Waals surface area (Å²) < 4.78 is 2.15. The molecular formula is C22H24N6O. The highest BCUT2D eigenvalue weighted by molar-refractivity contribution is 5.96. The van der Waals surface area contributed by atoms with Crippen LogP contribution in [0.1, 0.15) is 18.9 Å². The number of H-pyrrole nitrogens is 1. The summed E-state index contributed by atoms with van der Waals surface area (Å²) in [5, 5.41) is 16.3. The Hall–Kier alpha value is -3.16. The summed E-state index contributed by atoms with van der Waals surface area (Å²) in [5.41, 5.74) is 6.46. The van der Waals surface area contributed by atoms with Gasteiger partial charge in [-0.3, -0.25) is 20.4 Å². The standard InChI is InChI=1S/C22H24N6O/c1-27-10-6-18(7-11-27)28-14-20(21(25-28)15-4-8-23-9-5-15)16-2-3-19-17(12-16)13-24-22(19)26-29/h2-5,8-9,12-14,18,24,26,29H,6-7,10-11H2,1H3. The maximum Gasteiger partial charge on any atom is 0.135 e. The van der Waals surface area contributed by atoms with E-state index in [1.807, 2.05) is 36.8 Å². The zero-order valence-electron chi connectivity index (χ0n) is 16.3. The fourth-order valence-electron chi connectivity index (χ4n) is 4.17. The van der Waals surface area contributed by atoms with Gasteiger partial charge < -0.3 is 9.88 Å². The van der Waals surface area contributed by atoms with Crippen LogP contribution >= 0.6 is 0 Å². The lowest BCUT2D eigenvalue weighted by Gasteiger charge is -2.29. The highest BCUT2D eigenvalue weighted by Gasteiger charge is 2.22. The van der Waals surface area contributed by atoms with Crippen molar-refractivity contribution in [2.75, 3.05) is 25.6 Å². The summed E-state index contributed by atoms with van der Waals surface area (Å²) in [4.78, 5) is 9.58. The number of fused-ring (bicyclic) bond motifs is 1. The number of pyridine rings is 1. The summed E-state index contributed by atoms with van der Waals surface area (Å²) in [6, 6.07) is 10.7. The predicted octanol–water partition coefficient (Wildman–Crippen LogP) is 4.16. The molecule has 0 atom stereocenters. The molecule has 0 spiro atoms. The largest absolute Gasteiger partial charge is 0.346 e. The average molecular weight is 388 g/mol. The Morgan fingerprint density at radius 3 is 2.66 bits per heavy atom. The van der Waals surface area contributed by atoms with Gasteiger partial charge in [-0.15, -0.1) is 0 Å². The van der Waals surface area contributed by atoms with Gasteiger partial charge >= 0.3 is 0 Å². The van der Waals surface area contributed by atoms with Crippen LogP contribution in [0, 0.1) is 0 Å². The van der Waals surface area contributed by atoms with Crippen LogP contribution in [0.2, 0.25) is 0 Å². The van der Waals surface area contributed by atoms with Gasteiger partial charge in [-0.2, -0.15) is 5.10 Å². The smallest absolute Gasteiger partial charge is 0.135 e. The van der Waals surface area contributed by atoms with Crippen molar-refractivity contribution < 1.29 is 5.21 Å². The molecule has 3 N–H and O–H groups in total. The van der Waals surface area contributed by atoms with Gasteiger partial charge in [-0.05, 0) is 62.8 Å². The van der Waals surface area contributed by atoms with E-state index >= 15 is 0 Å². The quantitative estimate of drug-likeness (QED) is 0.457. The molecule has 0 bridgehead atoms. The van der Waals surface area contributed by atoms with E-state index in [-0.39, 0.29) is 0 Å². The van der Waals surface area contributed by atoms with E-state index in [2.05, 4.69) is 50.4 Å². The third-order valence-corrected chi connectivity index (χ3v) is 5.86. The van der Waals surface area contributed by atoms with Crippen LogP contribution in [0.3, 0.4) is 0 Å². The fourth-order valence-corrected chi connectivity index (χ4v) is 4.17. The van der Waals surface area contributed by atoms with E-state index in [9.17, 15) is 5.21 Å². The van der Waals surface area contributed by atoms with Crippen molar-refractivity contribution in [1.29, 1.82) is 0 Å². The topological polar surface area (TPSA) is 82.0 Å². The zero-order valence-corrected chi connectivity index (χ0v) is 16.3. The first-order valence-corrected chi connectivity index (χ1v) is 9.92. The van der Waals surface area contributed by atoms with Crippen LogP contribution in [0.5, 0.6) is 0 Å². The van der Waals surface area contributed by atoms with Gasteiger partial charge in [0.2, 0.25) is 0 Å². The van der Waals surface area contributed by atoms with Crippen molar-refractivity contribution in [3.63, 3.8) is 0 Å². The van der Waals surface area contributed by atoms with Gasteiger partial charge in [0.1, 0.15) is 11.5 Å². The van der Waals surface area contributed by atoms with E-state index in [0.29, 0.717) is 11.9 Å². The molecule has 148 valence electrons. The predicted molar refractivity (Wildman–Crippen MR) is 114 cm³/mol. The van der Waals surface area contributed by atoms with Gasteiger partial charge in [-0.25, -0.2) is 0 Å². The van der Waals surface area contributed by atoms with Crippen LogP contribution < -0.4 is 5.48 Å². The van der Waals surface area contributed by atoms with Crippen LogP contribution in [0.4, 0.5) is 5.82 Å². The molecule has 0 amide bonds. The van der Waals surface area contributed by atoms with Crippen molar-refractivity contribution >= 4 is 16.6 Å². The second-order valence-electron chi connectivity index (χ2n) is 7.72. The SMILES string of the molecule is CN1CCC(n2cc(-c3ccc4c(NO)[nH]cc4c3)c(-c3ccncc3)n2)CC1. The number of hydrogen-bond acceptors (Lipinski definition) is 5. The van der Waals surface area contributed by atoms with Gasteiger partial charge in [0, 0.05) is 46.7 Å². The third kappa shape index (κ3) is 3.28. The van der Waals surface area contributed by atoms with E-state index in [1.54, 1.807) is 0 Å². The summed E-state index contributed by atoms with van der Waals surface area (Å²) in [5.74, 6) is 0.600. The Kier molecular flexibility index (Phi) is 4.54. The van der Waals surface area contributed by atoms with Gasteiger partial charge in [0.25, 0.3) is 0 Å². The molecule has 1 aromatic carbocycles. The average Bonchev–Trinajstić information content (AvgIpc) is 3.39. The minimum atomic E-state index is 0.418. The van der Waals surface area contributed by atoms with Gasteiger partial charge in [0.15, 0.2) is 0 Å². The molecule has 7 nitrogen and oxygen atoms in total. The fraction of sp³-hybridized carbons (Fsp3) is 0.273. The second kappa shape index (κ2) is 7.35. The molecule has 5 rings (SSSR count). The van der Waals surface area contributed by atoms with Crippen molar-refractivity contribution in [2.24, 2.45) is 0 Å². The molecule has 1 aliphatic heterocycles. The number of nitrogens with one attached hydrogen (secondary N) is 2. The van der Waals surface area contributed by atoms with Gasteiger partial charge in [-0.1, -0.05) is 6.07 Å². The Bertz CT molecular complexity index is 1120. The first-order valence-electron chi connectivity index (χ1n) is 9.92.